The maximum absolute atomic E-state index is 12.3. The maximum Gasteiger partial charge on any atom is 0.166 e. The molecule has 0 amide bonds. The summed E-state index contributed by atoms with van der Waals surface area (Å²) < 4.78 is 0. The Balaban J connectivity index is 1.86. The first kappa shape index (κ1) is 11.5. The summed E-state index contributed by atoms with van der Waals surface area (Å²) in [5, 5.41) is 0.751. The van der Waals surface area contributed by atoms with Gasteiger partial charge in [0.05, 0.1) is 0 Å². The van der Waals surface area contributed by atoms with Crippen molar-refractivity contribution in [3.8, 4) is 0 Å². The van der Waals surface area contributed by atoms with Crippen molar-refractivity contribution in [1.82, 2.24) is 0 Å². The van der Waals surface area contributed by atoms with Crippen LogP contribution in [0.2, 0.25) is 5.02 Å². The molecule has 1 atom stereocenters. The van der Waals surface area contributed by atoms with Gasteiger partial charge in [0.1, 0.15) is 0 Å². The molecule has 18 heavy (non-hydrogen) atoms. The number of carbonyl (C=O) groups excluding carboxylic acids is 1. The van der Waals surface area contributed by atoms with Crippen LogP contribution in [0.5, 0.6) is 0 Å². The molecule has 3 rings (SSSR count). The largest absolute Gasteiger partial charge is 0.294 e. The molecule has 0 fully saturated rings. The summed E-state index contributed by atoms with van der Waals surface area (Å²) in [6.07, 6.45) is 1.56. The average molecular weight is 257 g/mol. The Morgan fingerprint density at radius 1 is 1.06 bits per heavy atom. The first-order valence-electron chi connectivity index (χ1n) is 6.11. The molecular formula is C16H13ClO. The average Bonchev–Trinajstić information content (AvgIpc) is 2.70. The van der Waals surface area contributed by atoms with Gasteiger partial charge in [0.15, 0.2) is 5.78 Å². The van der Waals surface area contributed by atoms with Crippen molar-refractivity contribution in [2.24, 2.45) is 5.92 Å². The van der Waals surface area contributed by atoms with Gasteiger partial charge in [-0.25, -0.2) is 0 Å². The predicted octanol–water partition coefficient (Wildman–Crippen LogP) is 3.94. The van der Waals surface area contributed by atoms with Crippen molar-refractivity contribution in [2.75, 3.05) is 0 Å². The highest BCUT2D eigenvalue weighted by Crippen LogP contribution is 2.30. The van der Waals surface area contributed by atoms with Crippen molar-refractivity contribution in [2.45, 2.75) is 12.8 Å². The number of carbonyl (C=O) groups is 1. The molecule has 0 N–H and O–H groups in total. The molecule has 2 heteroatoms. The van der Waals surface area contributed by atoms with Crippen molar-refractivity contribution in [3.05, 3.63) is 70.2 Å². The third kappa shape index (κ3) is 1.95. The van der Waals surface area contributed by atoms with Gasteiger partial charge in [-0.3, -0.25) is 4.79 Å². The molecule has 0 radical (unpaired) electrons. The molecule has 1 aliphatic rings. The third-order valence-electron chi connectivity index (χ3n) is 3.54. The molecule has 2 aromatic carbocycles. The van der Waals surface area contributed by atoms with Gasteiger partial charge in [-0.2, -0.15) is 0 Å². The summed E-state index contributed by atoms with van der Waals surface area (Å²) >= 11 is 6.15. The van der Waals surface area contributed by atoms with Crippen LogP contribution in [-0.4, -0.2) is 5.78 Å². The first-order valence-corrected chi connectivity index (χ1v) is 6.49. The van der Waals surface area contributed by atoms with Gasteiger partial charge in [0.2, 0.25) is 0 Å². The number of hydrogen-bond acceptors (Lipinski definition) is 1. The summed E-state index contributed by atoms with van der Waals surface area (Å²) in [6.45, 7) is 0. The van der Waals surface area contributed by atoms with Crippen molar-refractivity contribution in [1.29, 1.82) is 0 Å². The van der Waals surface area contributed by atoms with Gasteiger partial charge >= 0.3 is 0 Å². The Morgan fingerprint density at radius 2 is 1.78 bits per heavy atom. The summed E-state index contributed by atoms with van der Waals surface area (Å²) in [4.78, 5) is 12.3. The van der Waals surface area contributed by atoms with E-state index in [9.17, 15) is 4.79 Å². The monoisotopic (exact) mass is 256 g/mol. The highest BCUT2D eigenvalue weighted by molar-refractivity contribution is 6.31. The van der Waals surface area contributed by atoms with Crippen LogP contribution in [0.25, 0.3) is 0 Å². The van der Waals surface area contributed by atoms with Gasteiger partial charge in [0.25, 0.3) is 0 Å². The summed E-state index contributed by atoms with van der Waals surface area (Å²) in [5.41, 5.74) is 3.11. The number of fused-ring (bicyclic) bond motifs is 1. The molecule has 0 saturated heterocycles. The second kappa shape index (κ2) is 4.58. The number of Topliss-reactive ketones (excluding diaryl/α,β-unsaturated/α-hetero) is 1. The quantitative estimate of drug-likeness (QED) is 0.796. The fraction of sp³-hybridized carbons (Fsp3) is 0.188. The predicted molar refractivity (Wildman–Crippen MR) is 73.1 cm³/mol. The van der Waals surface area contributed by atoms with Gasteiger partial charge in [-0.05, 0) is 30.0 Å². The van der Waals surface area contributed by atoms with Gasteiger partial charge < -0.3 is 0 Å². The summed E-state index contributed by atoms with van der Waals surface area (Å²) in [6, 6.07) is 15.6. The Hall–Kier alpha value is -1.60. The van der Waals surface area contributed by atoms with Gasteiger partial charge in [0, 0.05) is 16.5 Å². The topological polar surface area (TPSA) is 17.1 Å². The van der Waals surface area contributed by atoms with Crippen molar-refractivity contribution < 1.29 is 4.79 Å². The van der Waals surface area contributed by atoms with E-state index in [1.54, 1.807) is 0 Å². The molecule has 0 spiro atoms. The SMILES string of the molecule is O=C1c2ccccc2CC1Cc1ccccc1Cl. The Bertz CT molecular complexity index is 604. The Kier molecular flexibility index (Phi) is 2.92. The van der Waals surface area contributed by atoms with E-state index in [4.69, 9.17) is 11.6 Å². The molecule has 0 aromatic heterocycles. The fourth-order valence-corrected chi connectivity index (χ4v) is 2.82. The molecule has 2 aromatic rings. The van der Waals surface area contributed by atoms with Crippen molar-refractivity contribution in [3.63, 3.8) is 0 Å². The van der Waals surface area contributed by atoms with Crippen LogP contribution in [0.3, 0.4) is 0 Å². The lowest BCUT2D eigenvalue weighted by molar-refractivity contribution is 0.0936. The zero-order valence-electron chi connectivity index (χ0n) is 9.90. The summed E-state index contributed by atoms with van der Waals surface area (Å²) in [7, 11) is 0. The van der Waals surface area contributed by atoms with Gasteiger partial charge in [-0.15, -0.1) is 0 Å². The van der Waals surface area contributed by atoms with Crippen LogP contribution in [0.15, 0.2) is 48.5 Å². The van der Waals surface area contributed by atoms with E-state index in [1.165, 1.54) is 5.56 Å². The van der Waals surface area contributed by atoms with Crippen LogP contribution < -0.4 is 0 Å². The van der Waals surface area contributed by atoms with Crippen LogP contribution in [0, 0.1) is 5.92 Å². The minimum Gasteiger partial charge on any atom is -0.294 e. The van der Waals surface area contributed by atoms with E-state index in [1.807, 2.05) is 48.5 Å². The molecule has 0 bridgehead atoms. The van der Waals surface area contributed by atoms with E-state index < -0.39 is 0 Å². The lowest BCUT2D eigenvalue weighted by Gasteiger charge is -2.09. The molecule has 1 unspecified atom stereocenters. The second-order valence-electron chi connectivity index (χ2n) is 4.72. The molecular weight excluding hydrogens is 244 g/mol. The normalized spacial score (nSPS) is 17.8. The Morgan fingerprint density at radius 3 is 2.56 bits per heavy atom. The van der Waals surface area contributed by atoms with Crippen LogP contribution >= 0.6 is 11.6 Å². The van der Waals surface area contributed by atoms with Crippen LogP contribution in [0.4, 0.5) is 0 Å². The molecule has 0 aliphatic heterocycles. The number of hydrogen-bond donors (Lipinski definition) is 0. The molecule has 1 nitrogen and oxygen atoms in total. The fourth-order valence-electron chi connectivity index (χ4n) is 2.61. The van der Waals surface area contributed by atoms with Gasteiger partial charge in [-0.1, -0.05) is 54.1 Å². The summed E-state index contributed by atoms with van der Waals surface area (Å²) in [5.74, 6) is 0.299. The minimum absolute atomic E-state index is 0.0438. The zero-order valence-corrected chi connectivity index (χ0v) is 10.7. The lowest BCUT2D eigenvalue weighted by atomic mass is 9.96. The van der Waals surface area contributed by atoms with E-state index in [0.29, 0.717) is 0 Å². The maximum atomic E-state index is 12.3. The molecule has 0 heterocycles. The van der Waals surface area contributed by atoms with E-state index in [0.717, 1.165) is 29.0 Å². The molecule has 1 aliphatic carbocycles. The van der Waals surface area contributed by atoms with Crippen LogP contribution in [0.1, 0.15) is 21.5 Å². The van der Waals surface area contributed by atoms with E-state index in [-0.39, 0.29) is 11.7 Å². The van der Waals surface area contributed by atoms with E-state index in [2.05, 4.69) is 0 Å². The van der Waals surface area contributed by atoms with E-state index >= 15 is 0 Å². The first-order chi connectivity index (χ1) is 8.75. The van der Waals surface area contributed by atoms with Crippen LogP contribution in [-0.2, 0) is 12.8 Å². The molecule has 0 saturated carbocycles. The van der Waals surface area contributed by atoms with Crippen molar-refractivity contribution >= 4 is 17.4 Å². The number of rotatable bonds is 2. The number of ketones is 1. The standard InChI is InChI=1S/C16H13ClO/c17-15-8-4-2-6-12(15)10-13-9-11-5-1-3-7-14(11)16(13)18/h1-8,13H,9-10H2. The highest BCUT2D eigenvalue weighted by Gasteiger charge is 2.30. The lowest BCUT2D eigenvalue weighted by Crippen LogP contribution is -2.12. The highest BCUT2D eigenvalue weighted by atomic mass is 35.5. The minimum atomic E-state index is 0.0438. The zero-order chi connectivity index (χ0) is 12.5. The Labute approximate surface area is 111 Å². The smallest absolute Gasteiger partial charge is 0.166 e. The number of benzene rings is 2. The number of halogens is 1. The third-order valence-corrected chi connectivity index (χ3v) is 3.91. The molecule has 90 valence electrons. The second-order valence-corrected chi connectivity index (χ2v) is 5.13.